The summed E-state index contributed by atoms with van der Waals surface area (Å²) in [5.74, 6) is 0.743. The highest BCUT2D eigenvalue weighted by Crippen LogP contribution is 2.21. The van der Waals surface area contributed by atoms with Crippen LogP contribution in [-0.4, -0.2) is 22.2 Å². The Balaban J connectivity index is 1.97. The fourth-order valence-electron chi connectivity index (χ4n) is 2.43. The topological polar surface area (TPSA) is 110 Å². The summed E-state index contributed by atoms with van der Waals surface area (Å²) in [6.45, 7) is 7.28. The van der Waals surface area contributed by atoms with Crippen LogP contribution in [0.25, 0.3) is 0 Å². The van der Waals surface area contributed by atoms with Crippen LogP contribution >= 0.6 is 0 Å². The number of nitrogens with zero attached hydrogens (tertiary/aromatic N) is 2. The fourth-order valence-corrected chi connectivity index (χ4v) is 2.43. The maximum atomic E-state index is 12.1. The van der Waals surface area contributed by atoms with Crippen LogP contribution in [0.4, 0.5) is 16.2 Å². The second kappa shape index (κ2) is 7.12. The number of aromatic nitrogens is 1. The van der Waals surface area contributed by atoms with Gasteiger partial charge in [-0.1, -0.05) is 5.16 Å². The zero-order valence-corrected chi connectivity index (χ0v) is 14.0. The highest BCUT2D eigenvalue weighted by atomic mass is 16.6. The molecule has 8 nitrogen and oxygen atoms in total. The van der Waals surface area contributed by atoms with Gasteiger partial charge in [0.25, 0.3) is 5.69 Å². The minimum atomic E-state index is -0.470. The molecule has 2 N–H and O–H groups in total. The number of urea groups is 1. The number of benzene rings is 1. The molecule has 1 heterocycles. The number of rotatable bonds is 5. The Bertz CT molecular complexity index is 750. The Kier molecular flexibility index (Phi) is 5.18. The molecule has 0 unspecified atom stereocenters. The molecule has 0 fully saturated rings. The van der Waals surface area contributed by atoms with Gasteiger partial charge in [-0.15, -0.1) is 0 Å². The van der Waals surface area contributed by atoms with Crippen LogP contribution in [0, 0.1) is 30.9 Å². The number of non-ortho nitro benzene ring substituents is 1. The Morgan fingerprint density at radius 1 is 1.38 bits per heavy atom. The number of nitrogens with one attached hydrogen (secondary N) is 2. The molecule has 2 rings (SSSR count). The van der Waals surface area contributed by atoms with E-state index in [1.807, 2.05) is 20.8 Å². The molecule has 128 valence electrons. The van der Waals surface area contributed by atoms with Crippen molar-refractivity contribution >= 4 is 17.4 Å². The molecular weight excluding hydrogens is 312 g/mol. The summed E-state index contributed by atoms with van der Waals surface area (Å²) in [4.78, 5) is 22.4. The summed E-state index contributed by atoms with van der Waals surface area (Å²) in [7, 11) is 0. The summed E-state index contributed by atoms with van der Waals surface area (Å²) in [5, 5.41) is 20.2. The zero-order valence-electron chi connectivity index (χ0n) is 14.0. The number of hydrogen-bond donors (Lipinski definition) is 2. The molecule has 0 aliphatic rings. The summed E-state index contributed by atoms with van der Waals surface area (Å²) in [5.41, 5.74) is 2.94. The predicted molar refractivity (Wildman–Crippen MR) is 89.1 cm³/mol. The van der Waals surface area contributed by atoms with Crippen LogP contribution in [0.1, 0.15) is 29.5 Å². The fraction of sp³-hybridized carbons (Fsp3) is 0.375. The minimum absolute atomic E-state index is 0.00904. The third-order valence-corrected chi connectivity index (χ3v) is 3.74. The lowest BCUT2D eigenvalue weighted by molar-refractivity contribution is -0.384. The van der Waals surface area contributed by atoms with Gasteiger partial charge >= 0.3 is 6.03 Å². The van der Waals surface area contributed by atoms with Gasteiger partial charge in [0.15, 0.2) is 0 Å². The maximum Gasteiger partial charge on any atom is 0.319 e. The van der Waals surface area contributed by atoms with Crippen molar-refractivity contribution in [3.8, 4) is 0 Å². The van der Waals surface area contributed by atoms with Crippen LogP contribution in [0.2, 0.25) is 0 Å². The number of nitro benzene ring substituents is 1. The van der Waals surface area contributed by atoms with Crippen molar-refractivity contribution in [2.24, 2.45) is 0 Å². The van der Waals surface area contributed by atoms with Crippen LogP contribution in [0.5, 0.6) is 0 Å². The third kappa shape index (κ3) is 4.09. The lowest BCUT2D eigenvalue weighted by atomic mass is 10.1. The second-order valence-electron chi connectivity index (χ2n) is 5.76. The quantitative estimate of drug-likeness (QED) is 0.645. The highest BCUT2D eigenvalue weighted by Gasteiger charge is 2.15. The van der Waals surface area contributed by atoms with E-state index in [9.17, 15) is 14.9 Å². The molecule has 1 aromatic heterocycles. The lowest BCUT2D eigenvalue weighted by Gasteiger charge is -2.15. The van der Waals surface area contributed by atoms with E-state index < -0.39 is 4.92 Å². The third-order valence-electron chi connectivity index (χ3n) is 3.74. The Labute approximate surface area is 139 Å². The van der Waals surface area contributed by atoms with Crippen molar-refractivity contribution in [2.45, 2.75) is 40.2 Å². The van der Waals surface area contributed by atoms with Crippen LogP contribution in [0.3, 0.4) is 0 Å². The number of nitro groups is 1. The van der Waals surface area contributed by atoms with E-state index in [2.05, 4.69) is 15.8 Å². The first kappa shape index (κ1) is 17.5. The first-order chi connectivity index (χ1) is 11.3. The van der Waals surface area contributed by atoms with Crippen molar-refractivity contribution in [2.75, 3.05) is 5.32 Å². The molecule has 0 radical (unpaired) electrons. The van der Waals surface area contributed by atoms with Gasteiger partial charge in [0.05, 0.1) is 10.6 Å². The summed E-state index contributed by atoms with van der Waals surface area (Å²) in [6, 6.07) is 3.80. The molecule has 0 saturated heterocycles. The van der Waals surface area contributed by atoms with Gasteiger partial charge in [-0.05, 0) is 45.7 Å². The SMILES string of the molecule is Cc1cc([N+](=O)[O-])ccc1NC(=O)N[C@H](C)Cc1c(C)noc1C. The number of anilines is 1. The van der Waals surface area contributed by atoms with Gasteiger partial charge in [0, 0.05) is 29.4 Å². The van der Waals surface area contributed by atoms with E-state index in [0.29, 0.717) is 17.7 Å². The zero-order chi connectivity index (χ0) is 17.9. The molecule has 0 aliphatic heterocycles. The van der Waals surface area contributed by atoms with Gasteiger partial charge in [-0.25, -0.2) is 4.79 Å². The highest BCUT2D eigenvalue weighted by molar-refractivity contribution is 5.90. The van der Waals surface area contributed by atoms with E-state index in [1.54, 1.807) is 6.92 Å². The summed E-state index contributed by atoms with van der Waals surface area (Å²) in [6.07, 6.45) is 0.605. The molecule has 0 spiro atoms. The smallest absolute Gasteiger partial charge is 0.319 e. The van der Waals surface area contributed by atoms with E-state index in [-0.39, 0.29) is 17.8 Å². The number of hydrogen-bond acceptors (Lipinski definition) is 5. The number of aryl methyl sites for hydroxylation is 3. The molecule has 24 heavy (non-hydrogen) atoms. The summed E-state index contributed by atoms with van der Waals surface area (Å²) < 4.78 is 5.11. The van der Waals surface area contributed by atoms with E-state index in [4.69, 9.17) is 4.52 Å². The summed E-state index contributed by atoms with van der Waals surface area (Å²) >= 11 is 0. The van der Waals surface area contributed by atoms with Gasteiger partial charge in [0.2, 0.25) is 0 Å². The Morgan fingerprint density at radius 3 is 2.62 bits per heavy atom. The second-order valence-corrected chi connectivity index (χ2v) is 5.76. The normalized spacial score (nSPS) is 11.8. The molecule has 2 amide bonds. The lowest BCUT2D eigenvalue weighted by Crippen LogP contribution is -2.37. The number of amides is 2. The number of carbonyl (C=O) groups excluding carboxylic acids is 1. The van der Waals surface area contributed by atoms with Gasteiger partial charge in [-0.2, -0.15) is 0 Å². The Hall–Kier alpha value is -2.90. The van der Waals surface area contributed by atoms with E-state index in [0.717, 1.165) is 17.0 Å². The standard InChI is InChI=1S/C16H20N4O4/c1-9-7-13(20(22)23)5-6-15(9)18-16(21)17-10(2)8-14-11(3)19-24-12(14)4/h5-7,10H,8H2,1-4H3,(H2,17,18,21)/t10-/m1/s1. The Morgan fingerprint density at radius 2 is 2.08 bits per heavy atom. The number of carbonyl (C=O) groups is 1. The molecule has 1 aromatic carbocycles. The largest absolute Gasteiger partial charge is 0.361 e. The van der Waals surface area contributed by atoms with Crippen molar-refractivity contribution in [3.05, 3.63) is 50.9 Å². The average molecular weight is 332 g/mol. The average Bonchev–Trinajstić information content (AvgIpc) is 2.80. The van der Waals surface area contributed by atoms with Crippen molar-refractivity contribution in [1.29, 1.82) is 0 Å². The van der Waals surface area contributed by atoms with Gasteiger partial charge in [0.1, 0.15) is 5.76 Å². The van der Waals surface area contributed by atoms with Crippen LogP contribution in [0.15, 0.2) is 22.7 Å². The minimum Gasteiger partial charge on any atom is -0.361 e. The molecular formula is C16H20N4O4. The predicted octanol–water partition coefficient (Wildman–Crippen LogP) is 3.26. The molecule has 0 bridgehead atoms. The first-order valence-electron chi connectivity index (χ1n) is 7.52. The maximum absolute atomic E-state index is 12.1. The van der Waals surface area contributed by atoms with Crippen molar-refractivity contribution < 1.29 is 14.2 Å². The van der Waals surface area contributed by atoms with Gasteiger partial charge < -0.3 is 15.2 Å². The molecule has 1 atom stereocenters. The van der Waals surface area contributed by atoms with Crippen molar-refractivity contribution in [3.63, 3.8) is 0 Å². The van der Waals surface area contributed by atoms with E-state index in [1.165, 1.54) is 18.2 Å². The molecule has 0 aliphatic carbocycles. The van der Waals surface area contributed by atoms with Crippen LogP contribution in [-0.2, 0) is 6.42 Å². The molecule has 8 heteroatoms. The van der Waals surface area contributed by atoms with Crippen molar-refractivity contribution in [1.82, 2.24) is 10.5 Å². The van der Waals surface area contributed by atoms with E-state index >= 15 is 0 Å². The van der Waals surface area contributed by atoms with Crippen LogP contribution < -0.4 is 10.6 Å². The van der Waals surface area contributed by atoms with Gasteiger partial charge in [-0.3, -0.25) is 10.1 Å². The molecule has 2 aromatic rings. The molecule has 0 saturated carbocycles. The monoisotopic (exact) mass is 332 g/mol. The first-order valence-corrected chi connectivity index (χ1v) is 7.52.